The first kappa shape index (κ1) is 13.9. The van der Waals surface area contributed by atoms with Gasteiger partial charge < -0.3 is 14.6 Å². The molecule has 2 aromatic rings. The summed E-state index contributed by atoms with van der Waals surface area (Å²) in [5.41, 5.74) is 0.586. The molecule has 2 aromatic heterocycles. The van der Waals surface area contributed by atoms with Crippen molar-refractivity contribution in [1.82, 2.24) is 25.7 Å². The molecule has 1 fully saturated rings. The molecule has 1 N–H and O–H groups in total. The number of rotatable bonds is 4. The van der Waals surface area contributed by atoms with Gasteiger partial charge in [-0.05, 0) is 26.0 Å². The van der Waals surface area contributed by atoms with Crippen LogP contribution in [-0.2, 0) is 0 Å². The van der Waals surface area contributed by atoms with Crippen LogP contribution in [0.5, 0.6) is 5.88 Å². The van der Waals surface area contributed by atoms with Gasteiger partial charge in [0.2, 0.25) is 17.6 Å². The molecule has 112 valence electrons. The monoisotopic (exact) mass is 289 g/mol. The first-order valence-electron chi connectivity index (χ1n) is 7.20. The Morgan fingerprint density at radius 1 is 1.24 bits per heavy atom. The van der Waals surface area contributed by atoms with E-state index in [2.05, 4.69) is 25.7 Å². The summed E-state index contributed by atoms with van der Waals surface area (Å²) < 4.78 is 10.4. The minimum Gasteiger partial charge on any atom is -0.480 e. The van der Waals surface area contributed by atoms with Crippen LogP contribution in [0.4, 0.5) is 0 Å². The lowest BCUT2D eigenvalue weighted by atomic mass is 9.84. The molecule has 21 heavy (non-hydrogen) atoms. The fraction of sp³-hybridized carbons (Fsp3) is 0.571. The topological polar surface area (TPSA) is 86.0 Å². The number of likely N-dealkylation sites (N-methyl/N-ethyl adjacent to an activating group) is 1. The number of methoxy groups -OCH3 is 1. The van der Waals surface area contributed by atoms with Crippen LogP contribution in [0.25, 0.3) is 11.5 Å². The van der Waals surface area contributed by atoms with Gasteiger partial charge in [0.05, 0.1) is 13.0 Å². The van der Waals surface area contributed by atoms with Gasteiger partial charge >= 0.3 is 0 Å². The third-order valence-corrected chi connectivity index (χ3v) is 3.97. The molecule has 0 saturated heterocycles. The summed E-state index contributed by atoms with van der Waals surface area (Å²) in [6.45, 7) is 0. The molecule has 3 rings (SSSR count). The van der Waals surface area contributed by atoms with E-state index in [4.69, 9.17) is 9.26 Å². The van der Waals surface area contributed by atoms with E-state index in [0.29, 0.717) is 29.3 Å². The van der Waals surface area contributed by atoms with E-state index in [1.54, 1.807) is 19.2 Å². The Hall–Kier alpha value is -2.02. The molecule has 1 aliphatic carbocycles. The Morgan fingerprint density at radius 2 is 2.10 bits per heavy atom. The van der Waals surface area contributed by atoms with Crippen molar-refractivity contribution < 1.29 is 9.26 Å². The van der Waals surface area contributed by atoms with Crippen molar-refractivity contribution in [2.45, 2.75) is 37.6 Å². The minimum atomic E-state index is 0.274. The second-order valence-corrected chi connectivity index (χ2v) is 5.20. The van der Waals surface area contributed by atoms with E-state index in [1.165, 1.54) is 12.8 Å². The maximum Gasteiger partial charge on any atom is 0.233 e. The van der Waals surface area contributed by atoms with Crippen LogP contribution in [0.2, 0.25) is 0 Å². The maximum absolute atomic E-state index is 5.45. The summed E-state index contributed by atoms with van der Waals surface area (Å²) >= 11 is 0. The highest BCUT2D eigenvalue weighted by molar-refractivity contribution is 5.47. The average Bonchev–Trinajstić information content (AvgIpc) is 3.04. The van der Waals surface area contributed by atoms with Crippen molar-refractivity contribution in [3.63, 3.8) is 0 Å². The predicted octanol–water partition coefficient (Wildman–Crippen LogP) is 1.78. The van der Waals surface area contributed by atoms with Crippen molar-refractivity contribution in [2.24, 2.45) is 0 Å². The molecule has 0 amide bonds. The molecule has 1 aliphatic rings. The molecule has 2 unspecified atom stereocenters. The molecule has 2 atom stereocenters. The maximum atomic E-state index is 5.45. The van der Waals surface area contributed by atoms with Gasteiger partial charge in [0, 0.05) is 12.1 Å². The standard InChI is InChI=1S/C14H19N5O2/c1-15-10-6-4-3-5-9(10)14-16-13(19-21-14)11-7-8-12(20-2)18-17-11/h7-10,15H,3-6H2,1-2H3. The molecular weight excluding hydrogens is 270 g/mol. The fourth-order valence-electron chi connectivity index (χ4n) is 2.81. The van der Waals surface area contributed by atoms with Gasteiger partial charge in [-0.25, -0.2) is 0 Å². The molecule has 7 nitrogen and oxygen atoms in total. The van der Waals surface area contributed by atoms with Gasteiger partial charge in [-0.15, -0.1) is 10.2 Å². The van der Waals surface area contributed by atoms with Crippen LogP contribution in [0.15, 0.2) is 16.7 Å². The highest BCUT2D eigenvalue weighted by Gasteiger charge is 2.30. The lowest BCUT2D eigenvalue weighted by molar-refractivity contribution is 0.270. The highest BCUT2D eigenvalue weighted by atomic mass is 16.5. The zero-order valence-corrected chi connectivity index (χ0v) is 12.2. The normalized spacial score (nSPS) is 22.2. The van der Waals surface area contributed by atoms with Gasteiger partial charge in [-0.2, -0.15) is 4.98 Å². The van der Waals surface area contributed by atoms with E-state index in [-0.39, 0.29) is 5.92 Å². The van der Waals surface area contributed by atoms with Crippen molar-refractivity contribution in [2.75, 3.05) is 14.2 Å². The van der Waals surface area contributed by atoms with Crippen LogP contribution in [-0.4, -0.2) is 40.5 Å². The molecule has 1 saturated carbocycles. The smallest absolute Gasteiger partial charge is 0.233 e. The van der Waals surface area contributed by atoms with Crippen molar-refractivity contribution in [3.05, 3.63) is 18.0 Å². The van der Waals surface area contributed by atoms with Crippen LogP contribution >= 0.6 is 0 Å². The van der Waals surface area contributed by atoms with Crippen molar-refractivity contribution in [1.29, 1.82) is 0 Å². The number of ether oxygens (including phenoxy) is 1. The van der Waals surface area contributed by atoms with Crippen LogP contribution in [0, 0.1) is 0 Å². The number of nitrogens with one attached hydrogen (secondary N) is 1. The zero-order chi connectivity index (χ0) is 14.7. The lowest BCUT2D eigenvalue weighted by Crippen LogP contribution is -2.34. The van der Waals surface area contributed by atoms with Gasteiger partial charge in [-0.3, -0.25) is 0 Å². The summed E-state index contributed by atoms with van der Waals surface area (Å²) in [5.74, 6) is 1.89. The molecule has 0 bridgehead atoms. The Bertz CT molecular complexity index is 583. The van der Waals surface area contributed by atoms with Gasteiger partial charge in [0.25, 0.3) is 0 Å². The predicted molar refractivity (Wildman–Crippen MR) is 75.9 cm³/mol. The number of hydrogen-bond donors (Lipinski definition) is 1. The molecule has 0 radical (unpaired) electrons. The third kappa shape index (κ3) is 2.87. The van der Waals surface area contributed by atoms with E-state index >= 15 is 0 Å². The number of aromatic nitrogens is 4. The molecule has 2 heterocycles. The Kier molecular flexibility index (Phi) is 4.10. The Labute approximate surface area is 123 Å². The molecule has 0 spiro atoms. The van der Waals surface area contributed by atoms with E-state index in [9.17, 15) is 0 Å². The van der Waals surface area contributed by atoms with Gasteiger partial charge in [-0.1, -0.05) is 18.0 Å². The molecule has 0 aromatic carbocycles. The van der Waals surface area contributed by atoms with Gasteiger partial charge in [0.15, 0.2) is 0 Å². The van der Waals surface area contributed by atoms with E-state index in [1.807, 2.05) is 7.05 Å². The average molecular weight is 289 g/mol. The molecule has 7 heteroatoms. The summed E-state index contributed by atoms with van der Waals surface area (Å²) in [4.78, 5) is 4.50. The summed E-state index contributed by atoms with van der Waals surface area (Å²) in [5, 5.41) is 15.3. The Balaban J connectivity index is 1.81. The molecule has 0 aliphatic heterocycles. The van der Waals surface area contributed by atoms with E-state index in [0.717, 1.165) is 12.8 Å². The summed E-state index contributed by atoms with van der Waals surface area (Å²) in [7, 11) is 3.53. The van der Waals surface area contributed by atoms with Crippen molar-refractivity contribution in [3.8, 4) is 17.4 Å². The summed E-state index contributed by atoms with van der Waals surface area (Å²) in [6, 6.07) is 3.90. The van der Waals surface area contributed by atoms with Crippen molar-refractivity contribution >= 4 is 0 Å². The highest BCUT2D eigenvalue weighted by Crippen LogP contribution is 2.32. The SMILES string of the molecule is CNC1CCCCC1c1nc(-c2ccc(OC)nn2)no1. The second kappa shape index (κ2) is 6.17. The summed E-state index contributed by atoms with van der Waals surface area (Å²) in [6.07, 6.45) is 4.65. The van der Waals surface area contributed by atoms with Crippen LogP contribution in [0.3, 0.4) is 0 Å². The minimum absolute atomic E-state index is 0.274. The quantitative estimate of drug-likeness (QED) is 0.918. The lowest BCUT2D eigenvalue weighted by Gasteiger charge is -2.28. The number of nitrogens with zero attached hydrogens (tertiary/aromatic N) is 4. The third-order valence-electron chi connectivity index (χ3n) is 3.97. The Morgan fingerprint density at radius 3 is 2.81 bits per heavy atom. The molecular formula is C14H19N5O2. The zero-order valence-electron chi connectivity index (χ0n) is 12.2. The first-order chi connectivity index (χ1) is 10.3. The van der Waals surface area contributed by atoms with E-state index < -0.39 is 0 Å². The van der Waals surface area contributed by atoms with Crippen LogP contribution < -0.4 is 10.1 Å². The fourth-order valence-corrected chi connectivity index (χ4v) is 2.81. The first-order valence-corrected chi connectivity index (χ1v) is 7.20. The second-order valence-electron chi connectivity index (χ2n) is 5.20. The largest absolute Gasteiger partial charge is 0.480 e. The van der Waals surface area contributed by atoms with Gasteiger partial charge in [0.1, 0.15) is 5.69 Å². The van der Waals surface area contributed by atoms with Crippen LogP contribution in [0.1, 0.15) is 37.5 Å². The number of hydrogen-bond acceptors (Lipinski definition) is 7.